The van der Waals surface area contributed by atoms with Crippen molar-refractivity contribution in [2.75, 3.05) is 32.0 Å². The first-order chi connectivity index (χ1) is 13.3. The van der Waals surface area contributed by atoms with Crippen LogP contribution in [0.1, 0.15) is 32.9 Å². The van der Waals surface area contributed by atoms with E-state index in [0.29, 0.717) is 34.2 Å². The van der Waals surface area contributed by atoms with E-state index in [1.54, 1.807) is 42.3 Å². The van der Waals surface area contributed by atoms with Crippen molar-refractivity contribution in [1.82, 2.24) is 9.80 Å². The topological polar surface area (TPSA) is 69.7 Å². The Bertz CT molecular complexity index is 912. The SMILES string of the molecule is CN(CC(=O)Nc1ccc(Cl)cc1C(=O)N1CCCC1)C(=O)c1ccc(Br)s1. The van der Waals surface area contributed by atoms with Crippen molar-refractivity contribution in [2.45, 2.75) is 12.8 Å². The van der Waals surface area contributed by atoms with Gasteiger partial charge < -0.3 is 15.1 Å². The molecule has 2 aromatic rings. The second-order valence-corrected chi connectivity index (χ2v) is 9.40. The number of hydrogen-bond acceptors (Lipinski definition) is 4. The summed E-state index contributed by atoms with van der Waals surface area (Å²) in [4.78, 5) is 41.3. The summed E-state index contributed by atoms with van der Waals surface area (Å²) in [6.45, 7) is 1.27. The van der Waals surface area contributed by atoms with Crippen molar-refractivity contribution in [3.63, 3.8) is 0 Å². The molecule has 1 aliphatic rings. The van der Waals surface area contributed by atoms with E-state index in [2.05, 4.69) is 21.2 Å². The highest BCUT2D eigenvalue weighted by Gasteiger charge is 2.23. The van der Waals surface area contributed by atoms with Gasteiger partial charge in [0.15, 0.2) is 0 Å². The predicted octanol–water partition coefficient (Wildman–Crippen LogP) is 4.11. The normalized spacial score (nSPS) is 13.5. The van der Waals surface area contributed by atoms with Crippen LogP contribution >= 0.6 is 38.9 Å². The van der Waals surface area contributed by atoms with Crippen LogP contribution in [-0.2, 0) is 4.79 Å². The van der Waals surface area contributed by atoms with Gasteiger partial charge in [0.2, 0.25) is 5.91 Å². The molecular weight excluding hydrogens is 466 g/mol. The zero-order chi connectivity index (χ0) is 20.3. The molecule has 0 radical (unpaired) electrons. The third-order valence-electron chi connectivity index (χ3n) is 4.39. The van der Waals surface area contributed by atoms with E-state index in [9.17, 15) is 14.4 Å². The summed E-state index contributed by atoms with van der Waals surface area (Å²) in [6, 6.07) is 8.29. The Morgan fingerprint density at radius 1 is 1.21 bits per heavy atom. The van der Waals surface area contributed by atoms with Crippen molar-refractivity contribution >= 4 is 62.3 Å². The van der Waals surface area contributed by atoms with Crippen LogP contribution < -0.4 is 5.32 Å². The average molecular weight is 485 g/mol. The minimum atomic E-state index is -0.385. The fourth-order valence-corrected chi connectivity index (χ4v) is 4.54. The Balaban J connectivity index is 1.69. The van der Waals surface area contributed by atoms with Crippen LogP contribution in [0.15, 0.2) is 34.1 Å². The quantitative estimate of drug-likeness (QED) is 0.694. The summed E-state index contributed by atoms with van der Waals surface area (Å²) >= 11 is 10.7. The molecule has 0 bridgehead atoms. The number of carbonyl (C=O) groups is 3. The highest BCUT2D eigenvalue weighted by Crippen LogP contribution is 2.25. The van der Waals surface area contributed by atoms with Gasteiger partial charge in [0.05, 0.1) is 26.5 Å². The van der Waals surface area contributed by atoms with Crippen LogP contribution in [0.2, 0.25) is 5.02 Å². The second-order valence-electron chi connectivity index (χ2n) is 6.50. The molecule has 0 spiro atoms. The molecule has 148 valence electrons. The first kappa shape index (κ1) is 20.8. The zero-order valence-corrected chi connectivity index (χ0v) is 18.4. The Labute approximate surface area is 180 Å². The van der Waals surface area contributed by atoms with Crippen molar-refractivity contribution in [1.29, 1.82) is 0 Å². The summed E-state index contributed by atoms with van der Waals surface area (Å²) in [5, 5.41) is 3.17. The maximum Gasteiger partial charge on any atom is 0.264 e. The van der Waals surface area contributed by atoms with Gasteiger partial charge in [-0.1, -0.05) is 11.6 Å². The molecule has 0 saturated carbocycles. The number of benzene rings is 1. The van der Waals surface area contributed by atoms with E-state index in [1.807, 2.05) is 0 Å². The van der Waals surface area contributed by atoms with Crippen LogP contribution in [-0.4, -0.2) is 54.2 Å². The zero-order valence-electron chi connectivity index (χ0n) is 15.2. The van der Waals surface area contributed by atoms with Crippen molar-refractivity contribution in [2.24, 2.45) is 0 Å². The number of carbonyl (C=O) groups excluding carboxylic acids is 3. The van der Waals surface area contributed by atoms with Gasteiger partial charge in [0, 0.05) is 25.2 Å². The van der Waals surface area contributed by atoms with Gasteiger partial charge in [-0.25, -0.2) is 0 Å². The largest absolute Gasteiger partial charge is 0.339 e. The minimum Gasteiger partial charge on any atom is -0.339 e. The third kappa shape index (κ3) is 4.92. The molecule has 1 aromatic carbocycles. The minimum absolute atomic E-state index is 0.131. The standard InChI is InChI=1S/C19H19BrClN3O3S/c1-23(19(27)15-6-7-16(20)28-15)11-17(25)22-14-5-4-12(21)10-13(14)18(26)24-8-2-3-9-24/h4-7,10H,2-3,8-9,11H2,1H3,(H,22,25). The maximum absolute atomic E-state index is 12.8. The van der Waals surface area contributed by atoms with Crippen LogP contribution in [0.4, 0.5) is 5.69 Å². The fourth-order valence-electron chi connectivity index (χ4n) is 2.99. The molecule has 1 N–H and O–H groups in total. The molecule has 0 aliphatic carbocycles. The number of hydrogen-bond donors (Lipinski definition) is 1. The number of amides is 3. The lowest BCUT2D eigenvalue weighted by atomic mass is 10.1. The molecule has 1 saturated heterocycles. The molecular formula is C19H19BrClN3O3S. The Hall–Kier alpha value is -1.90. The molecule has 3 rings (SSSR count). The molecule has 0 unspecified atom stereocenters. The van der Waals surface area contributed by atoms with Crippen LogP contribution in [0.3, 0.4) is 0 Å². The first-order valence-electron chi connectivity index (χ1n) is 8.74. The Morgan fingerprint density at radius 3 is 2.57 bits per heavy atom. The van der Waals surface area contributed by atoms with Gasteiger partial charge >= 0.3 is 0 Å². The van der Waals surface area contributed by atoms with E-state index in [4.69, 9.17) is 11.6 Å². The molecule has 28 heavy (non-hydrogen) atoms. The van der Waals surface area contributed by atoms with Crippen LogP contribution in [0, 0.1) is 0 Å². The summed E-state index contributed by atoms with van der Waals surface area (Å²) in [5.41, 5.74) is 0.755. The Morgan fingerprint density at radius 2 is 1.93 bits per heavy atom. The molecule has 1 aliphatic heterocycles. The first-order valence-corrected chi connectivity index (χ1v) is 10.7. The number of likely N-dealkylation sites (N-methyl/N-ethyl adjacent to an activating group) is 1. The van der Waals surface area contributed by atoms with Crippen molar-refractivity contribution < 1.29 is 14.4 Å². The van der Waals surface area contributed by atoms with E-state index in [0.717, 1.165) is 16.6 Å². The summed E-state index contributed by atoms with van der Waals surface area (Å²) in [7, 11) is 1.56. The fraction of sp³-hybridized carbons (Fsp3) is 0.316. The molecule has 1 fully saturated rings. The van der Waals surface area contributed by atoms with Gasteiger partial charge in [-0.3, -0.25) is 14.4 Å². The Kier molecular flexibility index (Phi) is 6.74. The molecule has 1 aromatic heterocycles. The van der Waals surface area contributed by atoms with E-state index < -0.39 is 0 Å². The highest BCUT2D eigenvalue weighted by atomic mass is 79.9. The number of anilines is 1. The monoisotopic (exact) mass is 483 g/mol. The van der Waals surface area contributed by atoms with Gasteiger partial charge in [-0.05, 0) is 59.1 Å². The number of likely N-dealkylation sites (tertiary alicyclic amines) is 1. The second kappa shape index (κ2) is 9.07. The lowest BCUT2D eigenvalue weighted by molar-refractivity contribution is -0.116. The van der Waals surface area contributed by atoms with Crippen molar-refractivity contribution in [3.8, 4) is 0 Å². The smallest absolute Gasteiger partial charge is 0.264 e. The van der Waals surface area contributed by atoms with Gasteiger partial charge in [-0.2, -0.15) is 0 Å². The lowest BCUT2D eigenvalue weighted by Crippen LogP contribution is -2.35. The maximum atomic E-state index is 12.8. The molecule has 6 nitrogen and oxygen atoms in total. The van der Waals surface area contributed by atoms with Gasteiger partial charge in [0.1, 0.15) is 0 Å². The molecule has 9 heteroatoms. The summed E-state index contributed by atoms with van der Waals surface area (Å²) in [6.07, 6.45) is 1.94. The predicted molar refractivity (Wildman–Crippen MR) is 114 cm³/mol. The van der Waals surface area contributed by atoms with E-state index in [-0.39, 0.29) is 24.3 Å². The number of rotatable bonds is 5. The average Bonchev–Trinajstić information content (AvgIpc) is 3.33. The third-order valence-corrected chi connectivity index (χ3v) is 6.24. The van der Waals surface area contributed by atoms with Gasteiger partial charge in [0.25, 0.3) is 11.8 Å². The number of nitrogens with one attached hydrogen (secondary N) is 1. The summed E-state index contributed by atoms with van der Waals surface area (Å²) in [5.74, 6) is -0.775. The number of nitrogens with zero attached hydrogens (tertiary/aromatic N) is 2. The van der Waals surface area contributed by atoms with Gasteiger partial charge in [-0.15, -0.1) is 11.3 Å². The highest BCUT2D eigenvalue weighted by molar-refractivity contribution is 9.11. The van der Waals surface area contributed by atoms with E-state index in [1.165, 1.54) is 16.2 Å². The summed E-state index contributed by atoms with van der Waals surface area (Å²) < 4.78 is 0.847. The lowest BCUT2D eigenvalue weighted by Gasteiger charge is -2.19. The molecule has 2 heterocycles. The number of halogens is 2. The van der Waals surface area contributed by atoms with E-state index >= 15 is 0 Å². The van der Waals surface area contributed by atoms with Crippen LogP contribution in [0.25, 0.3) is 0 Å². The molecule has 0 atom stereocenters. The molecule has 3 amide bonds. The van der Waals surface area contributed by atoms with Crippen molar-refractivity contribution in [3.05, 3.63) is 49.6 Å². The number of thiophene rings is 1. The van der Waals surface area contributed by atoms with Crippen LogP contribution in [0.5, 0.6) is 0 Å².